The Hall–Kier alpha value is -3.43. The lowest BCUT2D eigenvalue weighted by molar-refractivity contribution is 0.0995. The number of imidazole rings is 1. The minimum atomic E-state index is -0.737. The highest BCUT2D eigenvalue weighted by Crippen LogP contribution is 2.15. The highest BCUT2D eigenvalue weighted by Gasteiger charge is 2.19. The van der Waals surface area contributed by atoms with Crippen molar-refractivity contribution < 1.29 is 14.3 Å². The van der Waals surface area contributed by atoms with E-state index in [0.29, 0.717) is 11.5 Å². The van der Waals surface area contributed by atoms with Crippen LogP contribution >= 0.6 is 0 Å². The number of methoxy groups -OCH3 is 1. The Labute approximate surface area is 129 Å². The first-order chi connectivity index (χ1) is 11.0. The van der Waals surface area contributed by atoms with E-state index in [9.17, 15) is 9.59 Å². The summed E-state index contributed by atoms with van der Waals surface area (Å²) in [5, 5.41) is 10.6. The molecule has 0 atom stereocenters. The van der Waals surface area contributed by atoms with Crippen molar-refractivity contribution in [3.63, 3.8) is 0 Å². The van der Waals surface area contributed by atoms with Crippen LogP contribution in [0.4, 0.5) is 5.69 Å². The van der Waals surface area contributed by atoms with Crippen LogP contribution in [-0.2, 0) is 7.05 Å². The predicted molar refractivity (Wildman–Crippen MR) is 79.2 cm³/mol. The zero-order chi connectivity index (χ0) is 16.6. The van der Waals surface area contributed by atoms with Crippen molar-refractivity contribution in [3.8, 4) is 5.88 Å². The molecule has 3 aromatic rings. The van der Waals surface area contributed by atoms with Gasteiger partial charge in [0.15, 0.2) is 17.0 Å². The van der Waals surface area contributed by atoms with Crippen molar-refractivity contribution >= 4 is 23.1 Å². The molecule has 10 heteroatoms. The molecule has 118 valence electrons. The number of anilines is 1. The van der Waals surface area contributed by atoms with E-state index >= 15 is 0 Å². The average Bonchev–Trinajstić information content (AvgIpc) is 3.09. The predicted octanol–water partition coefficient (Wildman–Crippen LogP) is -0.177. The second-order valence-electron chi connectivity index (χ2n) is 4.67. The van der Waals surface area contributed by atoms with Crippen LogP contribution in [0, 0.1) is 0 Å². The number of ether oxygens (including phenoxy) is 1. The fraction of sp³-hybridized carbons (Fsp3) is 0.154. The molecule has 0 bridgehead atoms. The first-order valence-corrected chi connectivity index (χ1v) is 6.53. The summed E-state index contributed by atoms with van der Waals surface area (Å²) in [5.74, 6) is -0.906. The summed E-state index contributed by atoms with van der Waals surface area (Å²) in [6.07, 6.45) is 2.85. The van der Waals surface area contributed by atoms with Gasteiger partial charge >= 0.3 is 0 Å². The third-order valence-corrected chi connectivity index (χ3v) is 3.09. The molecule has 3 rings (SSSR count). The van der Waals surface area contributed by atoms with Gasteiger partial charge in [-0.05, 0) is 6.07 Å². The van der Waals surface area contributed by atoms with Gasteiger partial charge in [-0.2, -0.15) is 5.10 Å². The third-order valence-electron chi connectivity index (χ3n) is 3.09. The molecule has 0 fully saturated rings. The standard InChI is InChI=1S/C13H13N7O3/c1-19-6-7(11(18-19)12(14)21)16-13(22)8-5-15-9-3-4-10(23-2)17-20(8)9/h3-6H,1-2H3,(H2,14,21)(H,16,22). The maximum absolute atomic E-state index is 12.4. The monoisotopic (exact) mass is 315 g/mol. The molecule has 23 heavy (non-hydrogen) atoms. The number of fused-ring (bicyclic) bond motifs is 1. The van der Waals surface area contributed by atoms with Crippen molar-refractivity contribution in [2.75, 3.05) is 12.4 Å². The number of rotatable bonds is 4. The summed E-state index contributed by atoms with van der Waals surface area (Å²) in [6, 6.07) is 3.30. The van der Waals surface area contributed by atoms with Gasteiger partial charge in [0.25, 0.3) is 11.8 Å². The number of aryl methyl sites for hydroxylation is 1. The molecule has 0 aromatic carbocycles. The first kappa shape index (κ1) is 14.5. The number of carbonyl (C=O) groups is 2. The topological polar surface area (TPSA) is 129 Å². The fourth-order valence-corrected chi connectivity index (χ4v) is 2.07. The van der Waals surface area contributed by atoms with E-state index in [-0.39, 0.29) is 17.1 Å². The third kappa shape index (κ3) is 2.57. The van der Waals surface area contributed by atoms with Crippen LogP contribution in [0.1, 0.15) is 21.0 Å². The Kier molecular flexibility index (Phi) is 3.41. The van der Waals surface area contributed by atoms with Crippen LogP contribution in [-0.4, -0.2) is 43.3 Å². The summed E-state index contributed by atoms with van der Waals surface area (Å²) < 4.78 is 7.75. The molecule has 0 aliphatic heterocycles. The van der Waals surface area contributed by atoms with E-state index in [4.69, 9.17) is 10.5 Å². The molecule has 0 saturated carbocycles. The lowest BCUT2D eigenvalue weighted by Crippen LogP contribution is -2.19. The molecule has 3 N–H and O–H groups in total. The van der Waals surface area contributed by atoms with Gasteiger partial charge in [0.05, 0.1) is 19.0 Å². The number of amides is 2. The number of nitrogens with one attached hydrogen (secondary N) is 1. The Balaban J connectivity index is 1.97. The van der Waals surface area contributed by atoms with Crippen LogP contribution in [0.5, 0.6) is 5.88 Å². The normalized spacial score (nSPS) is 10.7. The maximum atomic E-state index is 12.4. The highest BCUT2D eigenvalue weighted by molar-refractivity contribution is 6.07. The van der Waals surface area contributed by atoms with Gasteiger partial charge in [-0.1, -0.05) is 0 Å². The number of primary amides is 1. The van der Waals surface area contributed by atoms with Crippen LogP contribution in [0.2, 0.25) is 0 Å². The SMILES string of the molecule is COc1ccc2ncc(C(=O)Nc3cn(C)nc3C(N)=O)n2n1. The van der Waals surface area contributed by atoms with Crippen LogP contribution in [0.25, 0.3) is 5.65 Å². The highest BCUT2D eigenvalue weighted by atomic mass is 16.5. The summed E-state index contributed by atoms with van der Waals surface area (Å²) in [5.41, 5.74) is 6.08. The molecule has 0 spiro atoms. The first-order valence-electron chi connectivity index (χ1n) is 6.53. The van der Waals surface area contributed by atoms with Gasteiger partial charge in [-0.25, -0.2) is 9.50 Å². The number of nitrogens with two attached hydrogens (primary N) is 1. The average molecular weight is 315 g/mol. The van der Waals surface area contributed by atoms with Crippen LogP contribution in [0.3, 0.4) is 0 Å². The van der Waals surface area contributed by atoms with Gasteiger partial charge in [-0.15, -0.1) is 5.10 Å². The van der Waals surface area contributed by atoms with Gasteiger partial charge < -0.3 is 15.8 Å². The number of aromatic nitrogens is 5. The molecule has 0 radical (unpaired) electrons. The molecule has 0 aliphatic rings. The quantitative estimate of drug-likeness (QED) is 0.687. The summed E-state index contributed by atoms with van der Waals surface area (Å²) in [6.45, 7) is 0. The van der Waals surface area contributed by atoms with Gasteiger partial charge in [-0.3, -0.25) is 14.3 Å². The number of carbonyl (C=O) groups excluding carboxylic acids is 2. The zero-order valence-corrected chi connectivity index (χ0v) is 12.3. The molecule has 3 aromatic heterocycles. The molecule has 10 nitrogen and oxygen atoms in total. The lowest BCUT2D eigenvalue weighted by atomic mass is 10.3. The molecular formula is C13H13N7O3. The van der Waals surface area contributed by atoms with E-state index in [2.05, 4.69) is 20.5 Å². The lowest BCUT2D eigenvalue weighted by Gasteiger charge is -2.04. The van der Waals surface area contributed by atoms with Crippen molar-refractivity contribution in [1.29, 1.82) is 0 Å². The molecule has 0 saturated heterocycles. The zero-order valence-electron chi connectivity index (χ0n) is 12.3. The molecule has 0 unspecified atom stereocenters. The van der Waals surface area contributed by atoms with Crippen LogP contribution in [0.15, 0.2) is 24.5 Å². The summed E-state index contributed by atoms with van der Waals surface area (Å²) in [4.78, 5) is 27.9. The number of hydrogen-bond donors (Lipinski definition) is 2. The van der Waals surface area contributed by atoms with E-state index in [0.717, 1.165) is 0 Å². The Bertz CT molecular complexity index is 912. The Morgan fingerprint density at radius 3 is 2.78 bits per heavy atom. The second-order valence-corrected chi connectivity index (χ2v) is 4.67. The minimum Gasteiger partial charge on any atom is -0.480 e. The van der Waals surface area contributed by atoms with E-state index in [1.54, 1.807) is 19.2 Å². The number of nitrogens with zero attached hydrogens (tertiary/aromatic N) is 5. The molecular weight excluding hydrogens is 302 g/mol. The van der Waals surface area contributed by atoms with Crippen molar-refractivity contribution in [1.82, 2.24) is 24.4 Å². The smallest absolute Gasteiger partial charge is 0.276 e. The van der Waals surface area contributed by atoms with Gasteiger partial charge in [0, 0.05) is 19.3 Å². The van der Waals surface area contributed by atoms with Crippen LogP contribution < -0.4 is 15.8 Å². The largest absolute Gasteiger partial charge is 0.480 e. The Morgan fingerprint density at radius 2 is 2.09 bits per heavy atom. The molecule has 0 aliphatic carbocycles. The minimum absolute atomic E-state index is 0.0276. The second kappa shape index (κ2) is 5.40. The number of hydrogen-bond acceptors (Lipinski definition) is 6. The molecule has 3 heterocycles. The van der Waals surface area contributed by atoms with Crippen molar-refractivity contribution in [3.05, 3.63) is 35.9 Å². The van der Waals surface area contributed by atoms with E-state index < -0.39 is 11.8 Å². The van der Waals surface area contributed by atoms with Gasteiger partial charge in [0.1, 0.15) is 0 Å². The summed E-state index contributed by atoms with van der Waals surface area (Å²) in [7, 11) is 3.09. The van der Waals surface area contributed by atoms with Crippen molar-refractivity contribution in [2.24, 2.45) is 12.8 Å². The van der Waals surface area contributed by atoms with E-state index in [1.165, 1.54) is 28.7 Å². The Morgan fingerprint density at radius 1 is 1.30 bits per heavy atom. The maximum Gasteiger partial charge on any atom is 0.276 e. The summed E-state index contributed by atoms with van der Waals surface area (Å²) >= 11 is 0. The molecule has 2 amide bonds. The fourth-order valence-electron chi connectivity index (χ4n) is 2.07. The van der Waals surface area contributed by atoms with Gasteiger partial charge in [0.2, 0.25) is 5.88 Å². The van der Waals surface area contributed by atoms with E-state index in [1.807, 2.05) is 0 Å². The van der Waals surface area contributed by atoms with Crippen molar-refractivity contribution in [2.45, 2.75) is 0 Å².